The maximum absolute atomic E-state index is 12.7. The molecule has 2 fully saturated rings. The molecule has 4 aliphatic rings. The number of quaternary nitrogens is 1. The van der Waals surface area contributed by atoms with E-state index in [1.54, 1.807) is 4.90 Å². The molecule has 1 N–H and O–H groups in total. The highest BCUT2D eigenvalue weighted by Gasteiger charge is 2.54. The molecule has 2 heterocycles. The number of nitrogens with one attached hydrogen (secondary N) is 1. The lowest BCUT2D eigenvalue weighted by Crippen LogP contribution is -3.22. The molecule has 0 amide bonds. The van der Waals surface area contributed by atoms with Crippen LogP contribution in [0.3, 0.4) is 0 Å². The second-order valence-corrected chi connectivity index (χ2v) is 8.38. The summed E-state index contributed by atoms with van der Waals surface area (Å²) in [6, 6.07) is 0. The van der Waals surface area contributed by atoms with Crippen LogP contribution in [-0.2, 0) is 14.3 Å². The van der Waals surface area contributed by atoms with Crippen molar-refractivity contribution in [2.45, 2.75) is 58.1 Å². The van der Waals surface area contributed by atoms with Crippen LogP contribution in [-0.4, -0.2) is 37.8 Å². The van der Waals surface area contributed by atoms with Crippen LogP contribution < -0.4 is 4.90 Å². The number of carbonyl (C=O) groups is 1. The van der Waals surface area contributed by atoms with Crippen LogP contribution in [0.5, 0.6) is 0 Å². The smallest absolute Gasteiger partial charge is 0.241 e. The Hall–Kier alpha value is -0.870. The third-order valence-electron chi connectivity index (χ3n) is 6.06. The normalized spacial score (nSPS) is 38.5. The molecule has 2 bridgehead atoms. The SMILES string of the molecule is CC1(C)CC(=O)C2=C(C1)O[C@]1([NH+]3CCOCC3)CCC[C@H]2C1. The number of hydrogen-bond donors (Lipinski definition) is 1. The predicted octanol–water partition coefficient (Wildman–Crippen LogP) is 1.46. The average molecular weight is 306 g/mol. The summed E-state index contributed by atoms with van der Waals surface area (Å²) in [4.78, 5) is 14.2. The van der Waals surface area contributed by atoms with Crippen molar-refractivity contribution in [1.82, 2.24) is 0 Å². The van der Waals surface area contributed by atoms with Crippen LogP contribution in [0.4, 0.5) is 0 Å². The molecule has 4 nitrogen and oxygen atoms in total. The molecule has 2 atom stereocenters. The minimum Gasteiger partial charge on any atom is -0.444 e. The van der Waals surface area contributed by atoms with Gasteiger partial charge >= 0.3 is 0 Å². The fraction of sp³-hybridized carbons (Fsp3) is 0.833. The van der Waals surface area contributed by atoms with E-state index in [1.807, 2.05) is 0 Å². The lowest BCUT2D eigenvalue weighted by atomic mass is 9.67. The van der Waals surface area contributed by atoms with E-state index >= 15 is 0 Å². The van der Waals surface area contributed by atoms with Crippen molar-refractivity contribution in [2.75, 3.05) is 26.3 Å². The molecule has 2 aliphatic heterocycles. The first-order valence-corrected chi connectivity index (χ1v) is 8.87. The third kappa shape index (κ3) is 2.31. The van der Waals surface area contributed by atoms with Gasteiger partial charge in [0.05, 0.1) is 13.2 Å². The van der Waals surface area contributed by atoms with Crippen molar-refractivity contribution in [1.29, 1.82) is 0 Å². The summed E-state index contributed by atoms with van der Waals surface area (Å²) in [6.45, 7) is 8.12. The number of morpholine rings is 1. The molecule has 4 rings (SSSR count). The van der Waals surface area contributed by atoms with Gasteiger partial charge in [-0.1, -0.05) is 13.8 Å². The second-order valence-electron chi connectivity index (χ2n) is 8.38. The monoisotopic (exact) mass is 306 g/mol. The van der Waals surface area contributed by atoms with E-state index in [1.165, 1.54) is 12.8 Å². The van der Waals surface area contributed by atoms with Gasteiger partial charge in [-0.3, -0.25) is 9.69 Å². The van der Waals surface area contributed by atoms with E-state index in [9.17, 15) is 4.79 Å². The zero-order valence-corrected chi connectivity index (χ0v) is 13.9. The van der Waals surface area contributed by atoms with Crippen LogP contribution in [0.25, 0.3) is 0 Å². The first-order chi connectivity index (χ1) is 10.5. The Morgan fingerprint density at radius 1 is 1.18 bits per heavy atom. The van der Waals surface area contributed by atoms with Crippen LogP contribution in [0.15, 0.2) is 11.3 Å². The summed E-state index contributed by atoms with van der Waals surface area (Å²) < 4.78 is 12.2. The van der Waals surface area contributed by atoms with E-state index in [2.05, 4.69) is 13.8 Å². The Bertz CT molecular complexity index is 518. The Balaban J connectivity index is 1.69. The van der Waals surface area contributed by atoms with E-state index in [0.717, 1.165) is 56.9 Å². The third-order valence-corrected chi connectivity index (χ3v) is 6.06. The molecule has 2 aliphatic carbocycles. The number of Topliss-reactive ketones (excluding diaryl/α,β-unsaturated/α-hetero) is 1. The minimum absolute atomic E-state index is 0.0447. The van der Waals surface area contributed by atoms with Crippen molar-refractivity contribution in [3.05, 3.63) is 11.3 Å². The van der Waals surface area contributed by atoms with Crippen molar-refractivity contribution in [3.63, 3.8) is 0 Å². The predicted molar refractivity (Wildman–Crippen MR) is 82.3 cm³/mol. The molecule has 22 heavy (non-hydrogen) atoms. The van der Waals surface area contributed by atoms with Crippen LogP contribution in [0, 0.1) is 11.3 Å². The first kappa shape index (κ1) is 14.7. The van der Waals surface area contributed by atoms with Gasteiger partial charge in [0, 0.05) is 37.2 Å². The molecule has 122 valence electrons. The Kier molecular flexibility index (Phi) is 3.39. The molecular formula is C18H28NO3+. The average Bonchev–Trinajstić information content (AvgIpc) is 2.46. The minimum atomic E-state index is -0.0841. The number of rotatable bonds is 1. The first-order valence-electron chi connectivity index (χ1n) is 8.87. The summed E-state index contributed by atoms with van der Waals surface area (Å²) in [7, 11) is 0. The van der Waals surface area contributed by atoms with Gasteiger partial charge in [0.15, 0.2) is 5.78 Å². The lowest BCUT2D eigenvalue weighted by Gasteiger charge is -2.51. The standard InChI is InChI=1S/C18H27NO3/c1-17(2)11-14(20)16-13-4-3-5-18(10-13,22-15(16)12-17)19-6-8-21-9-7-19/h13H,3-12H2,1-2H3/p+1/t13-,18+/m0/s1. The van der Waals surface area contributed by atoms with Gasteiger partial charge in [-0.15, -0.1) is 0 Å². The summed E-state index contributed by atoms with van der Waals surface area (Å²) in [5.74, 6) is 1.83. The van der Waals surface area contributed by atoms with Crippen LogP contribution >= 0.6 is 0 Å². The van der Waals surface area contributed by atoms with Crippen LogP contribution in [0.2, 0.25) is 0 Å². The summed E-state index contributed by atoms with van der Waals surface area (Å²) in [6.07, 6.45) is 6.12. The maximum Gasteiger partial charge on any atom is 0.241 e. The number of allylic oxidation sites excluding steroid dienone is 2. The van der Waals surface area contributed by atoms with Gasteiger partial charge in [-0.05, 0) is 18.3 Å². The second kappa shape index (κ2) is 5.07. The van der Waals surface area contributed by atoms with Gasteiger partial charge < -0.3 is 9.47 Å². The lowest BCUT2D eigenvalue weighted by molar-refractivity contribution is -0.987. The molecule has 0 radical (unpaired) electrons. The molecule has 4 heteroatoms. The Morgan fingerprint density at radius 2 is 1.95 bits per heavy atom. The molecule has 1 saturated carbocycles. The summed E-state index contributed by atoms with van der Waals surface area (Å²) in [5.41, 5.74) is 1.02. The molecule has 0 spiro atoms. The van der Waals surface area contributed by atoms with Gasteiger partial charge in [-0.2, -0.15) is 0 Å². The molecule has 1 saturated heterocycles. The zero-order valence-electron chi connectivity index (χ0n) is 13.9. The van der Waals surface area contributed by atoms with E-state index in [4.69, 9.17) is 9.47 Å². The number of ether oxygens (including phenoxy) is 2. The van der Waals surface area contributed by atoms with Gasteiger partial charge in [0.1, 0.15) is 18.8 Å². The largest absolute Gasteiger partial charge is 0.444 e. The molecule has 0 aromatic heterocycles. The van der Waals surface area contributed by atoms with Gasteiger partial charge in [0.25, 0.3) is 0 Å². The van der Waals surface area contributed by atoms with Gasteiger partial charge in [-0.25, -0.2) is 0 Å². The van der Waals surface area contributed by atoms with Crippen molar-refractivity contribution in [3.8, 4) is 0 Å². The molecule has 0 aromatic carbocycles. The quantitative estimate of drug-likeness (QED) is 0.797. The van der Waals surface area contributed by atoms with E-state index in [0.29, 0.717) is 18.1 Å². The van der Waals surface area contributed by atoms with Crippen LogP contribution in [0.1, 0.15) is 52.4 Å². The van der Waals surface area contributed by atoms with Crippen molar-refractivity contribution >= 4 is 5.78 Å². The number of ketones is 1. The number of hydrogen-bond acceptors (Lipinski definition) is 3. The summed E-state index contributed by atoms with van der Waals surface area (Å²) in [5, 5.41) is 0. The van der Waals surface area contributed by atoms with Crippen molar-refractivity contribution < 1.29 is 19.2 Å². The highest BCUT2D eigenvalue weighted by atomic mass is 16.5. The molecular weight excluding hydrogens is 278 g/mol. The highest BCUT2D eigenvalue weighted by Crippen LogP contribution is 2.49. The fourth-order valence-corrected chi connectivity index (χ4v) is 5.10. The topological polar surface area (TPSA) is 40.0 Å². The molecule has 0 unspecified atom stereocenters. The van der Waals surface area contributed by atoms with Gasteiger partial charge in [0.2, 0.25) is 5.72 Å². The number of carbonyl (C=O) groups excluding carboxylic acids is 1. The fourth-order valence-electron chi connectivity index (χ4n) is 5.10. The summed E-state index contributed by atoms with van der Waals surface area (Å²) >= 11 is 0. The molecule has 0 aromatic rings. The van der Waals surface area contributed by atoms with E-state index in [-0.39, 0.29) is 11.1 Å². The van der Waals surface area contributed by atoms with Crippen molar-refractivity contribution in [2.24, 2.45) is 11.3 Å². The highest BCUT2D eigenvalue weighted by molar-refractivity contribution is 5.97. The Labute approximate surface area is 132 Å². The number of fused-ring (bicyclic) bond motifs is 3. The zero-order chi connectivity index (χ0) is 15.4. The maximum atomic E-state index is 12.7. The Morgan fingerprint density at radius 3 is 2.73 bits per heavy atom. The van der Waals surface area contributed by atoms with E-state index < -0.39 is 0 Å².